The van der Waals surface area contributed by atoms with Gasteiger partial charge in [0.25, 0.3) is 5.91 Å². The van der Waals surface area contributed by atoms with Crippen molar-refractivity contribution < 1.29 is 9.32 Å². The fourth-order valence-corrected chi connectivity index (χ4v) is 2.53. The Bertz CT molecular complexity index is 621. The molecule has 1 aliphatic heterocycles. The van der Waals surface area contributed by atoms with Crippen LogP contribution in [0.15, 0.2) is 34.9 Å². The summed E-state index contributed by atoms with van der Waals surface area (Å²) in [5.41, 5.74) is 3.31. The van der Waals surface area contributed by atoms with Gasteiger partial charge in [-0.3, -0.25) is 4.79 Å². The summed E-state index contributed by atoms with van der Waals surface area (Å²) in [6.07, 6.45) is 1.03. The van der Waals surface area contributed by atoms with Gasteiger partial charge in [-0.25, -0.2) is 0 Å². The zero-order valence-electron chi connectivity index (χ0n) is 11.3. The van der Waals surface area contributed by atoms with Crippen molar-refractivity contribution in [2.45, 2.75) is 19.4 Å². The Balaban J connectivity index is 1.66. The van der Waals surface area contributed by atoms with Crippen LogP contribution in [0.4, 0.5) is 0 Å². The van der Waals surface area contributed by atoms with E-state index in [1.807, 2.05) is 6.07 Å². The fourth-order valence-electron chi connectivity index (χ4n) is 2.53. The number of amides is 1. The van der Waals surface area contributed by atoms with Gasteiger partial charge in [-0.05, 0) is 31.0 Å². The van der Waals surface area contributed by atoms with Gasteiger partial charge >= 0.3 is 0 Å². The summed E-state index contributed by atoms with van der Waals surface area (Å²) in [4.78, 5) is 11.9. The van der Waals surface area contributed by atoms with Gasteiger partial charge in [0, 0.05) is 18.7 Å². The molecule has 0 saturated heterocycles. The lowest BCUT2D eigenvalue weighted by Crippen LogP contribution is -2.38. The molecule has 3 rings (SSSR count). The Morgan fingerprint density at radius 3 is 3.15 bits per heavy atom. The molecular weight excluding hydrogens is 254 g/mol. The Morgan fingerprint density at radius 2 is 2.35 bits per heavy atom. The summed E-state index contributed by atoms with van der Waals surface area (Å²) in [7, 11) is 0. The molecule has 20 heavy (non-hydrogen) atoms. The third-order valence-electron chi connectivity index (χ3n) is 3.53. The second-order valence-corrected chi connectivity index (χ2v) is 5.00. The SMILES string of the molecule is Cc1cc(C(=O)NCC2NCCc3ccccc32)on1. The van der Waals surface area contributed by atoms with Crippen LogP contribution < -0.4 is 10.6 Å². The second-order valence-electron chi connectivity index (χ2n) is 5.00. The van der Waals surface area contributed by atoms with Gasteiger partial charge in [0.05, 0.1) is 5.69 Å². The molecule has 2 heterocycles. The maximum absolute atomic E-state index is 11.9. The molecule has 1 aromatic heterocycles. The average Bonchev–Trinajstić information content (AvgIpc) is 2.91. The first-order valence-electron chi connectivity index (χ1n) is 6.77. The Hall–Kier alpha value is -2.14. The minimum atomic E-state index is -0.226. The van der Waals surface area contributed by atoms with E-state index in [9.17, 15) is 4.79 Å². The number of hydrogen-bond acceptors (Lipinski definition) is 4. The van der Waals surface area contributed by atoms with Crippen LogP contribution in [0.3, 0.4) is 0 Å². The van der Waals surface area contributed by atoms with Crippen LogP contribution in [0.5, 0.6) is 0 Å². The van der Waals surface area contributed by atoms with Crippen molar-refractivity contribution in [1.82, 2.24) is 15.8 Å². The first kappa shape index (κ1) is 12.9. The quantitative estimate of drug-likeness (QED) is 0.890. The monoisotopic (exact) mass is 271 g/mol. The standard InChI is InChI=1S/C15H17N3O2/c1-10-8-14(20-18-10)15(19)17-9-13-12-5-3-2-4-11(12)6-7-16-13/h2-5,8,13,16H,6-7,9H2,1H3,(H,17,19). The summed E-state index contributed by atoms with van der Waals surface area (Å²) < 4.78 is 4.95. The van der Waals surface area contributed by atoms with Crippen LogP contribution >= 0.6 is 0 Å². The van der Waals surface area contributed by atoms with Crippen molar-refractivity contribution >= 4 is 5.91 Å². The first-order chi connectivity index (χ1) is 9.74. The number of nitrogens with one attached hydrogen (secondary N) is 2. The van der Waals surface area contributed by atoms with Gasteiger partial charge in [0.1, 0.15) is 0 Å². The summed E-state index contributed by atoms with van der Waals surface area (Å²) in [6.45, 7) is 3.26. The van der Waals surface area contributed by atoms with E-state index in [0.717, 1.165) is 13.0 Å². The molecule has 1 atom stereocenters. The molecule has 5 heteroatoms. The lowest BCUT2D eigenvalue weighted by molar-refractivity contribution is 0.0912. The summed E-state index contributed by atoms with van der Waals surface area (Å²) in [5, 5.41) is 10.0. The van der Waals surface area contributed by atoms with Crippen molar-refractivity contribution in [3.05, 3.63) is 52.9 Å². The fraction of sp³-hybridized carbons (Fsp3) is 0.333. The Kier molecular flexibility index (Phi) is 3.52. The van der Waals surface area contributed by atoms with E-state index in [0.29, 0.717) is 12.2 Å². The zero-order valence-corrected chi connectivity index (χ0v) is 11.3. The highest BCUT2D eigenvalue weighted by molar-refractivity contribution is 5.91. The molecule has 0 bridgehead atoms. The minimum Gasteiger partial charge on any atom is -0.351 e. The molecule has 0 radical (unpaired) electrons. The predicted molar refractivity (Wildman–Crippen MR) is 74.5 cm³/mol. The number of fused-ring (bicyclic) bond motifs is 1. The number of aromatic nitrogens is 1. The number of benzene rings is 1. The lowest BCUT2D eigenvalue weighted by atomic mass is 9.94. The van der Waals surface area contributed by atoms with Crippen molar-refractivity contribution in [2.75, 3.05) is 13.1 Å². The highest BCUT2D eigenvalue weighted by Crippen LogP contribution is 2.21. The number of hydrogen-bond donors (Lipinski definition) is 2. The van der Waals surface area contributed by atoms with E-state index >= 15 is 0 Å². The van der Waals surface area contributed by atoms with Gasteiger partial charge in [0.15, 0.2) is 0 Å². The predicted octanol–water partition coefficient (Wildman–Crippen LogP) is 1.60. The van der Waals surface area contributed by atoms with Gasteiger partial charge in [-0.2, -0.15) is 0 Å². The Morgan fingerprint density at radius 1 is 1.50 bits per heavy atom. The highest BCUT2D eigenvalue weighted by atomic mass is 16.5. The van der Waals surface area contributed by atoms with E-state index in [4.69, 9.17) is 4.52 Å². The van der Waals surface area contributed by atoms with Crippen molar-refractivity contribution in [1.29, 1.82) is 0 Å². The molecule has 0 aliphatic carbocycles. The summed E-state index contributed by atoms with van der Waals surface area (Å²) in [6, 6.07) is 10.1. The van der Waals surface area contributed by atoms with Crippen LogP contribution in [-0.4, -0.2) is 24.2 Å². The number of carbonyl (C=O) groups is 1. The van der Waals surface area contributed by atoms with Crippen molar-refractivity contribution in [3.8, 4) is 0 Å². The maximum Gasteiger partial charge on any atom is 0.289 e. The third-order valence-corrected chi connectivity index (χ3v) is 3.53. The second kappa shape index (κ2) is 5.46. The van der Waals surface area contributed by atoms with Gasteiger partial charge in [0.2, 0.25) is 5.76 Å². The normalized spacial score (nSPS) is 17.6. The molecular formula is C15H17N3O2. The Labute approximate surface area is 117 Å². The van der Waals surface area contributed by atoms with Crippen LogP contribution in [-0.2, 0) is 6.42 Å². The van der Waals surface area contributed by atoms with E-state index in [2.05, 4.69) is 34.0 Å². The van der Waals surface area contributed by atoms with E-state index in [1.54, 1.807) is 13.0 Å². The van der Waals surface area contributed by atoms with Crippen molar-refractivity contribution in [3.63, 3.8) is 0 Å². The van der Waals surface area contributed by atoms with Crippen molar-refractivity contribution in [2.24, 2.45) is 0 Å². The molecule has 2 N–H and O–H groups in total. The van der Waals surface area contributed by atoms with E-state index in [-0.39, 0.29) is 17.7 Å². The molecule has 0 saturated carbocycles. The summed E-state index contributed by atoms with van der Waals surface area (Å²) in [5.74, 6) is 0.0297. The van der Waals surface area contributed by atoms with Crippen LogP contribution in [0, 0.1) is 6.92 Å². The molecule has 5 nitrogen and oxygen atoms in total. The van der Waals surface area contributed by atoms with Gasteiger partial charge in [-0.1, -0.05) is 29.4 Å². The molecule has 1 amide bonds. The first-order valence-corrected chi connectivity index (χ1v) is 6.77. The molecule has 0 spiro atoms. The molecule has 2 aromatic rings. The molecule has 0 fully saturated rings. The minimum absolute atomic E-state index is 0.146. The van der Waals surface area contributed by atoms with Crippen LogP contribution in [0.25, 0.3) is 0 Å². The average molecular weight is 271 g/mol. The smallest absolute Gasteiger partial charge is 0.289 e. The molecule has 1 aromatic carbocycles. The number of nitrogens with zero attached hydrogens (tertiary/aromatic N) is 1. The van der Waals surface area contributed by atoms with Gasteiger partial charge < -0.3 is 15.2 Å². The molecule has 1 unspecified atom stereocenters. The summed E-state index contributed by atoms with van der Waals surface area (Å²) >= 11 is 0. The molecule has 104 valence electrons. The maximum atomic E-state index is 11.9. The number of carbonyl (C=O) groups excluding carboxylic acids is 1. The molecule has 1 aliphatic rings. The number of aryl methyl sites for hydroxylation is 1. The van der Waals surface area contributed by atoms with E-state index < -0.39 is 0 Å². The highest BCUT2D eigenvalue weighted by Gasteiger charge is 2.20. The van der Waals surface area contributed by atoms with Crippen LogP contribution in [0.1, 0.15) is 33.4 Å². The van der Waals surface area contributed by atoms with E-state index in [1.165, 1.54) is 11.1 Å². The number of rotatable bonds is 3. The topological polar surface area (TPSA) is 67.2 Å². The lowest BCUT2D eigenvalue weighted by Gasteiger charge is -2.26. The largest absolute Gasteiger partial charge is 0.351 e. The third kappa shape index (κ3) is 2.58. The van der Waals surface area contributed by atoms with Gasteiger partial charge in [-0.15, -0.1) is 0 Å². The van der Waals surface area contributed by atoms with Crippen LogP contribution in [0.2, 0.25) is 0 Å². The zero-order chi connectivity index (χ0) is 13.9.